The average molecular weight is 425 g/mol. The minimum Gasteiger partial charge on any atom is -0.368 e. The number of sulfone groups is 1. The standard InChI is InChI=1S/C23H28N4O2S/c1-17-10-12-27(13-11-17)22(18-6-4-3-5-7-18)15-24-23-20-14-19(30(2,28)29)8-9-21(20)25-16-26-23/h3-9,14,16-17,22H,10-13,15H2,1-2H3,(H,24,25,26). The van der Waals surface area contributed by atoms with Gasteiger partial charge in [-0.2, -0.15) is 0 Å². The van der Waals surface area contributed by atoms with Gasteiger partial charge in [-0.1, -0.05) is 37.3 Å². The van der Waals surface area contributed by atoms with Crippen molar-refractivity contribution in [1.82, 2.24) is 14.9 Å². The molecule has 1 aliphatic rings. The second-order valence-corrected chi connectivity index (χ2v) is 10.2. The van der Waals surface area contributed by atoms with Gasteiger partial charge in [-0.05, 0) is 55.6 Å². The number of nitrogens with one attached hydrogen (secondary N) is 1. The SMILES string of the molecule is CC1CCN(C(CNc2ncnc3ccc(S(C)(=O)=O)cc23)c2ccccc2)CC1. The van der Waals surface area contributed by atoms with Crippen LogP contribution in [0.5, 0.6) is 0 Å². The van der Waals surface area contributed by atoms with Crippen molar-refractivity contribution in [2.75, 3.05) is 31.2 Å². The van der Waals surface area contributed by atoms with Crippen molar-refractivity contribution in [3.63, 3.8) is 0 Å². The van der Waals surface area contributed by atoms with Crippen LogP contribution in [0.2, 0.25) is 0 Å². The highest BCUT2D eigenvalue weighted by molar-refractivity contribution is 7.90. The van der Waals surface area contributed by atoms with Gasteiger partial charge in [-0.15, -0.1) is 0 Å². The zero-order valence-electron chi connectivity index (χ0n) is 17.5. The minimum atomic E-state index is -3.30. The van der Waals surface area contributed by atoms with E-state index in [1.807, 2.05) is 6.07 Å². The maximum absolute atomic E-state index is 12.0. The molecule has 0 amide bonds. The van der Waals surface area contributed by atoms with Crippen LogP contribution in [0, 0.1) is 5.92 Å². The van der Waals surface area contributed by atoms with Gasteiger partial charge in [0.15, 0.2) is 9.84 Å². The number of rotatable bonds is 6. The van der Waals surface area contributed by atoms with E-state index < -0.39 is 9.84 Å². The molecule has 30 heavy (non-hydrogen) atoms. The Morgan fingerprint density at radius 3 is 2.53 bits per heavy atom. The Hall–Kier alpha value is -2.51. The van der Waals surface area contributed by atoms with Crippen molar-refractivity contribution in [2.24, 2.45) is 5.92 Å². The molecular weight excluding hydrogens is 396 g/mol. The first-order chi connectivity index (χ1) is 14.4. The van der Waals surface area contributed by atoms with Gasteiger partial charge in [-0.25, -0.2) is 18.4 Å². The molecule has 0 saturated carbocycles. The summed E-state index contributed by atoms with van der Waals surface area (Å²) in [6.07, 6.45) is 5.15. The fourth-order valence-corrected chi connectivity index (χ4v) is 4.72. The normalized spacial score (nSPS) is 17.1. The van der Waals surface area contributed by atoms with Crippen LogP contribution in [0.15, 0.2) is 59.8 Å². The molecule has 4 rings (SSSR count). The van der Waals surface area contributed by atoms with Crippen molar-refractivity contribution >= 4 is 26.6 Å². The molecule has 1 aliphatic heterocycles. The molecule has 1 unspecified atom stereocenters. The lowest BCUT2D eigenvalue weighted by molar-refractivity contribution is 0.143. The van der Waals surface area contributed by atoms with E-state index in [9.17, 15) is 8.42 Å². The first-order valence-electron chi connectivity index (χ1n) is 10.4. The summed E-state index contributed by atoms with van der Waals surface area (Å²) in [6.45, 7) is 5.16. The van der Waals surface area contributed by atoms with Crippen LogP contribution < -0.4 is 5.32 Å². The van der Waals surface area contributed by atoms with Crippen LogP contribution >= 0.6 is 0 Å². The Balaban J connectivity index is 1.62. The van der Waals surface area contributed by atoms with Gasteiger partial charge in [0.2, 0.25) is 0 Å². The molecule has 0 spiro atoms. The summed E-state index contributed by atoms with van der Waals surface area (Å²) < 4.78 is 24.0. The molecular formula is C23H28N4O2S. The topological polar surface area (TPSA) is 75.2 Å². The van der Waals surface area contributed by atoms with E-state index in [1.165, 1.54) is 31.0 Å². The molecule has 0 bridgehead atoms. The summed E-state index contributed by atoms with van der Waals surface area (Å²) >= 11 is 0. The number of benzene rings is 2. The van der Waals surface area contributed by atoms with Crippen LogP contribution in [0.25, 0.3) is 10.9 Å². The largest absolute Gasteiger partial charge is 0.368 e. The third-order valence-electron chi connectivity index (χ3n) is 5.94. The predicted octanol–water partition coefficient (Wildman–Crippen LogP) is 3.92. The maximum Gasteiger partial charge on any atom is 0.175 e. The van der Waals surface area contributed by atoms with E-state index in [0.29, 0.717) is 12.4 Å². The molecule has 1 saturated heterocycles. The number of aromatic nitrogens is 2. The van der Waals surface area contributed by atoms with E-state index in [-0.39, 0.29) is 10.9 Å². The molecule has 1 N–H and O–H groups in total. The van der Waals surface area contributed by atoms with Gasteiger partial charge in [0, 0.05) is 18.2 Å². The molecule has 7 heteroatoms. The molecule has 3 aromatic rings. The first-order valence-corrected chi connectivity index (χ1v) is 12.3. The summed E-state index contributed by atoms with van der Waals surface area (Å²) in [6, 6.07) is 15.7. The van der Waals surface area contributed by atoms with Crippen molar-refractivity contribution < 1.29 is 8.42 Å². The molecule has 1 fully saturated rings. The molecule has 158 valence electrons. The van der Waals surface area contributed by atoms with Gasteiger partial charge in [0.1, 0.15) is 12.1 Å². The zero-order valence-corrected chi connectivity index (χ0v) is 18.3. The Bertz CT molecular complexity index is 1110. The Morgan fingerprint density at radius 1 is 1.10 bits per heavy atom. The Morgan fingerprint density at radius 2 is 1.83 bits per heavy atom. The Labute approximate surface area is 178 Å². The summed E-state index contributed by atoms with van der Waals surface area (Å²) in [7, 11) is -3.30. The number of fused-ring (bicyclic) bond motifs is 1. The third-order valence-corrected chi connectivity index (χ3v) is 7.05. The lowest BCUT2D eigenvalue weighted by atomic mass is 9.95. The maximum atomic E-state index is 12.0. The van der Waals surface area contributed by atoms with Crippen LogP contribution in [-0.2, 0) is 9.84 Å². The van der Waals surface area contributed by atoms with Gasteiger partial charge >= 0.3 is 0 Å². The highest BCUT2D eigenvalue weighted by atomic mass is 32.2. The zero-order chi connectivity index (χ0) is 21.1. The Kier molecular flexibility index (Phi) is 6.01. The van der Waals surface area contributed by atoms with Gasteiger partial charge < -0.3 is 5.32 Å². The number of piperidine rings is 1. The molecule has 0 aliphatic carbocycles. The lowest BCUT2D eigenvalue weighted by Gasteiger charge is -2.37. The van der Waals surface area contributed by atoms with Gasteiger partial charge in [-0.3, -0.25) is 4.90 Å². The van der Waals surface area contributed by atoms with E-state index in [1.54, 1.807) is 18.2 Å². The average Bonchev–Trinajstić information content (AvgIpc) is 2.75. The second-order valence-electron chi connectivity index (χ2n) is 8.20. The summed E-state index contributed by atoms with van der Waals surface area (Å²) in [5.74, 6) is 1.43. The lowest BCUT2D eigenvalue weighted by Crippen LogP contribution is -2.39. The molecule has 2 heterocycles. The van der Waals surface area contributed by atoms with Crippen LogP contribution in [0.3, 0.4) is 0 Å². The van der Waals surface area contributed by atoms with Crippen molar-refractivity contribution in [2.45, 2.75) is 30.7 Å². The highest BCUT2D eigenvalue weighted by Gasteiger charge is 2.25. The first kappa shape index (κ1) is 20.8. The monoisotopic (exact) mass is 424 g/mol. The number of anilines is 1. The van der Waals surface area contributed by atoms with Gasteiger partial charge in [0.25, 0.3) is 0 Å². The summed E-state index contributed by atoms with van der Waals surface area (Å²) in [5.41, 5.74) is 2.00. The van der Waals surface area contributed by atoms with E-state index in [4.69, 9.17) is 0 Å². The summed E-state index contributed by atoms with van der Waals surface area (Å²) in [4.78, 5) is 11.5. The third kappa shape index (κ3) is 4.63. The fraction of sp³-hybridized carbons (Fsp3) is 0.391. The fourth-order valence-electron chi connectivity index (χ4n) is 4.07. The van der Waals surface area contributed by atoms with Crippen LogP contribution in [0.1, 0.15) is 31.4 Å². The smallest absolute Gasteiger partial charge is 0.175 e. The van der Waals surface area contributed by atoms with E-state index in [0.717, 1.165) is 29.9 Å². The summed E-state index contributed by atoms with van der Waals surface area (Å²) in [5, 5.41) is 4.21. The number of hydrogen-bond donors (Lipinski definition) is 1. The number of hydrogen-bond acceptors (Lipinski definition) is 6. The van der Waals surface area contributed by atoms with Crippen LogP contribution in [0.4, 0.5) is 5.82 Å². The predicted molar refractivity (Wildman–Crippen MR) is 120 cm³/mol. The molecule has 6 nitrogen and oxygen atoms in total. The second kappa shape index (κ2) is 8.70. The highest BCUT2D eigenvalue weighted by Crippen LogP contribution is 2.28. The van der Waals surface area contributed by atoms with Crippen molar-refractivity contribution in [3.05, 3.63) is 60.4 Å². The van der Waals surface area contributed by atoms with Crippen LogP contribution in [-0.4, -0.2) is 49.2 Å². The molecule has 0 radical (unpaired) electrons. The number of nitrogens with zero attached hydrogens (tertiary/aromatic N) is 3. The van der Waals surface area contributed by atoms with E-state index in [2.05, 4.69) is 51.4 Å². The number of likely N-dealkylation sites (tertiary alicyclic amines) is 1. The van der Waals surface area contributed by atoms with Gasteiger partial charge in [0.05, 0.1) is 16.5 Å². The van der Waals surface area contributed by atoms with Crippen molar-refractivity contribution in [1.29, 1.82) is 0 Å². The van der Waals surface area contributed by atoms with E-state index >= 15 is 0 Å². The molecule has 1 aromatic heterocycles. The molecule has 1 atom stereocenters. The molecule has 2 aromatic carbocycles. The minimum absolute atomic E-state index is 0.224. The van der Waals surface area contributed by atoms with Crippen molar-refractivity contribution in [3.8, 4) is 0 Å². The quantitative estimate of drug-likeness (QED) is 0.646.